The predicted octanol–water partition coefficient (Wildman–Crippen LogP) is 3.27. The fourth-order valence-corrected chi connectivity index (χ4v) is 1.92. The van der Waals surface area contributed by atoms with Crippen molar-refractivity contribution in [3.8, 4) is 5.75 Å². The fraction of sp³-hybridized carbons (Fsp3) is 0.647. The van der Waals surface area contributed by atoms with Crippen LogP contribution >= 0.6 is 0 Å². The number of phenolic OH excluding ortho intramolecular Hbond substituents is 1. The Morgan fingerprint density at radius 1 is 0.800 bits per heavy atom. The third kappa shape index (κ3) is 5.51. The van der Waals surface area contributed by atoms with E-state index in [1.807, 2.05) is 0 Å². The van der Waals surface area contributed by atoms with Gasteiger partial charge in [0.15, 0.2) is 0 Å². The zero-order valence-corrected chi connectivity index (χ0v) is 13.9. The van der Waals surface area contributed by atoms with Crippen molar-refractivity contribution in [1.29, 1.82) is 0 Å². The second kappa shape index (κ2) is 7.09. The van der Waals surface area contributed by atoms with E-state index in [9.17, 15) is 5.11 Å². The second-order valence-electron chi connectivity index (χ2n) is 7.16. The van der Waals surface area contributed by atoms with Gasteiger partial charge in [-0.25, -0.2) is 0 Å². The van der Waals surface area contributed by atoms with Crippen LogP contribution in [0.4, 0.5) is 0 Å². The first-order chi connectivity index (χ1) is 8.95. The molecule has 0 bridgehead atoms. The molecule has 3 heteroatoms. The zero-order valence-electron chi connectivity index (χ0n) is 13.9. The Kier molecular flexibility index (Phi) is 6.72. The number of aliphatic hydroxyl groups is 2. The van der Waals surface area contributed by atoms with Crippen molar-refractivity contribution in [2.75, 3.05) is 13.2 Å². The van der Waals surface area contributed by atoms with E-state index in [4.69, 9.17) is 10.2 Å². The van der Waals surface area contributed by atoms with E-state index >= 15 is 0 Å². The van der Waals surface area contributed by atoms with E-state index in [1.165, 1.54) is 5.56 Å². The minimum Gasteiger partial charge on any atom is -0.507 e. The van der Waals surface area contributed by atoms with Crippen molar-refractivity contribution >= 4 is 0 Å². The molecule has 1 aromatic carbocycles. The number of hydrogen-bond donors (Lipinski definition) is 3. The summed E-state index contributed by atoms with van der Waals surface area (Å²) in [6.07, 6.45) is 0. The average Bonchev–Trinajstić information content (AvgIpc) is 2.29. The van der Waals surface area contributed by atoms with Crippen LogP contribution < -0.4 is 0 Å². The molecule has 0 aliphatic heterocycles. The van der Waals surface area contributed by atoms with Crippen LogP contribution in [0.25, 0.3) is 0 Å². The van der Waals surface area contributed by atoms with Gasteiger partial charge in [-0.15, -0.1) is 0 Å². The van der Waals surface area contributed by atoms with Gasteiger partial charge in [0.2, 0.25) is 0 Å². The SMILES string of the molecule is Cc1cc(C(C)(C)C)c(O)c(C(C)(C)C)c1.OCCO. The van der Waals surface area contributed by atoms with Crippen molar-refractivity contribution in [2.24, 2.45) is 0 Å². The summed E-state index contributed by atoms with van der Waals surface area (Å²) in [7, 11) is 0. The number of phenols is 1. The lowest BCUT2D eigenvalue weighted by molar-refractivity contribution is 0.186. The molecule has 0 aliphatic carbocycles. The Morgan fingerprint density at radius 2 is 1.10 bits per heavy atom. The minimum atomic E-state index is -0.125. The largest absolute Gasteiger partial charge is 0.507 e. The molecule has 0 saturated carbocycles. The van der Waals surface area contributed by atoms with Crippen molar-refractivity contribution < 1.29 is 15.3 Å². The molecule has 1 aromatic rings. The van der Waals surface area contributed by atoms with Crippen LogP contribution in [0, 0.1) is 6.92 Å². The molecule has 3 nitrogen and oxygen atoms in total. The van der Waals surface area contributed by atoms with Crippen LogP contribution in [-0.4, -0.2) is 28.5 Å². The van der Waals surface area contributed by atoms with Gasteiger partial charge in [0, 0.05) is 0 Å². The van der Waals surface area contributed by atoms with Crippen LogP contribution in [0.2, 0.25) is 0 Å². The molecule has 0 amide bonds. The Bertz CT molecular complexity index is 386. The molecule has 0 atom stereocenters. The quantitative estimate of drug-likeness (QED) is 0.741. The van der Waals surface area contributed by atoms with Gasteiger partial charge in [-0.05, 0) is 28.9 Å². The molecule has 0 spiro atoms. The molecule has 0 aliphatic rings. The van der Waals surface area contributed by atoms with Crippen LogP contribution in [0.3, 0.4) is 0 Å². The van der Waals surface area contributed by atoms with Crippen molar-refractivity contribution in [2.45, 2.75) is 59.3 Å². The zero-order chi connectivity index (χ0) is 16.1. The topological polar surface area (TPSA) is 60.7 Å². The molecule has 3 N–H and O–H groups in total. The average molecular weight is 282 g/mol. The summed E-state index contributed by atoms with van der Waals surface area (Å²) >= 11 is 0. The normalized spacial score (nSPS) is 11.8. The smallest absolute Gasteiger partial charge is 0.123 e. The Labute approximate surface area is 123 Å². The Morgan fingerprint density at radius 3 is 1.30 bits per heavy atom. The summed E-state index contributed by atoms with van der Waals surface area (Å²) in [6.45, 7) is 14.6. The van der Waals surface area contributed by atoms with Gasteiger partial charge in [-0.2, -0.15) is 0 Å². The summed E-state index contributed by atoms with van der Waals surface area (Å²) < 4.78 is 0. The Hall–Kier alpha value is -1.06. The maximum atomic E-state index is 10.4. The molecular weight excluding hydrogens is 252 g/mol. The molecule has 0 radical (unpaired) electrons. The summed E-state index contributed by atoms with van der Waals surface area (Å²) in [5.41, 5.74) is 3.26. The number of benzene rings is 1. The summed E-state index contributed by atoms with van der Waals surface area (Å²) in [5, 5.41) is 25.6. The monoisotopic (exact) mass is 282 g/mol. The molecule has 116 valence electrons. The van der Waals surface area contributed by atoms with Crippen LogP contribution in [0.5, 0.6) is 5.75 Å². The van der Waals surface area contributed by atoms with E-state index in [1.54, 1.807) is 0 Å². The van der Waals surface area contributed by atoms with Gasteiger partial charge in [-0.1, -0.05) is 59.2 Å². The standard InChI is InChI=1S/C15H24O.C2H6O2/c1-10-8-11(14(2,3)4)13(16)12(9-10)15(5,6)7;3-1-2-4/h8-9,16H,1-7H3;3-4H,1-2H2. The van der Waals surface area contributed by atoms with E-state index in [0.717, 1.165) is 11.1 Å². The highest BCUT2D eigenvalue weighted by atomic mass is 16.3. The van der Waals surface area contributed by atoms with Gasteiger partial charge in [0.25, 0.3) is 0 Å². The molecule has 0 fully saturated rings. The second-order valence-corrected chi connectivity index (χ2v) is 7.16. The van der Waals surface area contributed by atoms with Crippen molar-refractivity contribution in [3.63, 3.8) is 0 Å². The molecule has 0 unspecified atom stereocenters. The van der Waals surface area contributed by atoms with E-state index in [-0.39, 0.29) is 24.0 Å². The molecule has 0 saturated heterocycles. The van der Waals surface area contributed by atoms with Crippen LogP contribution in [0.15, 0.2) is 12.1 Å². The molecular formula is C17H30O3. The molecule has 0 aromatic heterocycles. The van der Waals surface area contributed by atoms with Gasteiger partial charge in [0.1, 0.15) is 5.75 Å². The first-order valence-electron chi connectivity index (χ1n) is 7.01. The maximum absolute atomic E-state index is 10.4. The number of aliphatic hydroxyl groups excluding tert-OH is 2. The highest BCUT2D eigenvalue weighted by Gasteiger charge is 2.25. The van der Waals surface area contributed by atoms with Crippen molar-refractivity contribution in [3.05, 3.63) is 28.8 Å². The van der Waals surface area contributed by atoms with E-state index < -0.39 is 0 Å². The number of hydrogen-bond acceptors (Lipinski definition) is 3. The van der Waals surface area contributed by atoms with Crippen molar-refractivity contribution in [1.82, 2.24) is 0 Å². The fourth-order valence-electron chi connectivity index (χ4n) is 1.92. The van der Waals surface area contributed by atoms with Crippen LogP contribution in [0.1, 0.15) is 58.2 Å². The van der Waals surface area contributed by atoms with Crippen LogP contribution in [-0.2, 0) is 10.8 Å². The summed E-state index contributed by atoms with van der Waals surface area (Å²) in [5.74, 6) is 0.464. The number of aromatic hydroxyl groups is 1. The maximum Gasteiger partial charge on any atom is 0.123 e. The van der Waals surface area contributed by atoms with Gasteiger partial charge >= 0.3 is 0 Å². The molecule has 0 heterocycles. The lowest BCUT2D eigenvalue weighted by atomic mass is 9.78. The highest BCUT2D eigenvalue weighted by Crippen LogP contribution is 2.39. The third-order valence-electron chi connectivity index (χ3n) is 2.97. The predicted molar refractivity (Wildman–Crippen MR) is 84.4 cm³/mol. The van der Waals surface area contributed by atoms with E-state index in [2.05, 4.69) is 60.6 Å². The lowest BCUT2D eigenvalue weighted by Gasteiger charge is -2.27. The summed E-state index contributed by atoms with van der Waals surface area (Å²) in [6, 6.07) is 4.18. The number of aryl methyl sites for hydroxylation is 1. The molecule has 1 rings (SSSR count). The minimum absolute atomic E-state index is 0.0178. The van der Waals surface area contributed by atoms with Gasteiger partial charge in [-0.3, -0.25) is 0 Å². The number of rotatable bonds is 1. The third-order valence-corrected chi connectivity index (χ3v) is 2.97. The van der Waals surface area contributed by atoms with Gasteiger partial charge < -0.3 is 15.3 Å². The highest BCUT2D eigenvalue weighted by molar-refractivity contribution is 5.49. The Balaban J connectivity index is 0.000000796. The lowest BCUT2D eigenvalue weighted by Crippen LogP contribution is -2.17. The first kappa shape index (κ1) is 18.9. The first-order valence-corrected chi connectivity index (χ1v) is 7.01. The molecule has 20 heavy (non-hydrogen) atoms. The van der Waals surface area contributed by atoms with E-state index in [0.29, 0.717) is 5.75 Å². The summed E-state index contributed by atoms with van der Waals surface area (Å²) in [4.78, 5) is 0. The van der Waals surface area contributed by atoms with Gasteiger partial charge in [0.05, 0.1) is 13.2 Å².